The number of aromatic nitrogens is 1. The van der Waals surface area contributed by atoms with Gasteiger partial charge in [-0.25, -0.2) is 8.60 Å². The molecule has 1 aromatic carbocycles. The van der Waals surface area contributed by atoms with Crippen molar-refractivity contribution in [1.29, 1.82) is 0 Å². The molecule has 0 aliphatic carbocycles. The summed E-state index contributed by atoms with van der Waals surface area (Å²) in [6.45, 7) is 0. The summed E-state index contributed by atoms with van der Waals surface area (Å²) in [5.74, 6) is -0.366. The minimum Gasteiger partial charge on any atom is -0.360 e. The van der Waals surface area contributed by atoms with E-state index in [9.17, 15) is 8.60 Å². The van der Waals surface area contributed by atoms with Crippen molar-refractivity contribution in [2.75, 3.05) is 0 Å². The molecule has 5 heteroatoms. The van der Waals surface area contributed by atoms with Gasteiger partial charge in [-0.15, -0.1) is 0 Å². The fourth-order valence-corrected chi connectivity index (χ4v) is 1.69. The minimum atomic E-state index is -2.04. The Hall–Kier alpha value is -1.46. The first kappa shape index (κ1) is 10.1. The molecule has 1 atom stereocenters. The van der Waals surface area contributed by atoms with Gasteiger partial charge in [0, 0.05) is 17.5 Å². The van der Waals surface area contributed by atoms with Gasteiger partial charge in [0.1, 0.15) is 5.82 Å². The molecule has 0 fully saturated rings. The van der Waals surface area contributed by atoms with E-state index >= 15 is 0 Å². The normalized spacial score (nSPS) is 12.7. The molecule has 0 radical (unpaired) electrons. The lowest BCUT2D eigenvalue weighted by molar-refractivity contribution is 0.564. The number of halogens is 1. The summed E-state index contributed by atoms with van der Waals surface area (Å²) in [6.07, 6.45) is 1.39. The van der Waals surface area contributed by atoms with E-state index in [2.05, 4.69) is 4.98 Å². The van der Waals surface area contributed by atoms with Crippen molar-refractivity contribution < 1.29 is 13.2 Å². The van der Waals surface area contributed by atoms with E-state index in [4.69, 9.17) is 4.55 Å². The van der Waals surface area contributed by atoms with Gasteiger partial charge in [0.05, 0.1) is 4.90 Å². The lowest BCUT2D eigenvalue weighted by Crippen LogP contribution is -1.83. The van der Waals surface area contributed by atoms with Crippen LogP contribution in [0.3, 0.4) is 0 Å². The van der Waals surface area contributed by atoms with E-state index in [-0.39, 0.29) is 10.7 Å². The van der Waals surface area contributed by atoms with Crippen LogP contribution in [-0.2, 0) is 11.1 Å². The molecule has 0 saturated carbocycles. The molecular weight excluding hydrogens is 217 g/mol. The number of aromatic amines is 1. The predicted octanol–water partition coefficient (Wildman–Crippen LogP) is 2.40. The zero-order chi connectivity index (χ0) is 10.8. The second kappa shape index (κ2) is 3.96. The maximum atomic E-state index is 13.3. The molecule has 2 aromatic rings. The fraction of sp³-hybridized carbons (Fsp3) is 0. The summed E-state index contributed by atoms with van der Waals surface area (Å²) >= 11 is -2.04. The number of nitrogens with one attached hydrogen (secondary N) is 1. The number of hydrogen-bond donors (Lipinski definition) is 2. The van der Waals surface area contributed by atoms with Crippen molar-refractivity contribution in [2.45, 2.75) is 4.90 Å². The van der Waals surface area contributed by atoms with Crippen molar-refractivity contribution in [2.24, 2.45) is 0 Å². The Morgan fingerprint density at radius 1 is 1.33 bits per heavy atom. The van der Waals surface area contributed by atoms with Gasteiger partial charge < -0.3 is 9.54 Å². The summed E-state index contributed by atoms with van der Waals surface area (Å²) in [4.78, 5) is 2.98. The van der Waals surface area contributed by atoms with Crippen LogP contribution >= 0.6 is 0 Å². The number of H-pyrrole nitrogens is 1. The second-order valence-corrected chi connectivity index (χ2v) is 3.95. The largest absolute Gasteiger partial charge is 0.360 e. The van der Waals surface area contributed by atoms with Gasteiger partial charge in [-0.05, 0) is 18.2 Å². The average Bonchev–Trinajstić information content (AvgIpc) is 2.67. The van der Waals surface area contributed by atoms with Crippen LogP contribution in [0.5, 0.6) is 0 Å². The lowest BCUT2D eigenvalue weighted by Gasteiger charge is -1.98. The molecule has 1 aromatic heterocycles. The first-order chi connectivity index (χ1) is 7.18. The third-order valence-electron chi connectivity index (χ3n) is 2.02. The first-order valence-electron chi connectivity index (χ1n) is 4.22. The highest BCUT2D eigenvalue weighted by molar-refractivity contribution is 7.79. The second-order valence-electron chi connectivity index (χ2n) is 2.98. The third kappa shape index (κ3) is 1.98. The molecule has 0 saturated heterocycles. The molecule has 2 rings (SSSR count). The van der Waals surface area contributed by atoms with Gasteiger partial charge in [0.2, 0.25) is 0 Å². The van der Waals surface area contributed by atoms with Crippen molar-refractivity contribution in [1.82, 2.24) is 4.98 Å². The Labute approximate surface area is 88.2 Å². The molecular formula is C10H8FNO2S. The molecule has 2 N–H and O–H groups in total. The van der Waals surface area contributed by atoms with Crippen molar-refractivity contribution in [3.63, 3.8) is 0 Å². The van der Waals surface area contributed by atoms with Gasteiger partial charge in [-0.3, -0.25) is 0 Å². The molecule has 0 amide bonds. The molecule has 78 valence electrons. The highest BCUT2D eigenvalue weighted by atomic mass is 32.2. The monoisotopic (exact) mass is 225 g/mol. The van der Waals surface area contributed by atoms with Crippen LogP contribution < -0.4 is 0 Å². The molecule has 1 unspecified atom stereocenters. The zero-order valence-corrected chi connectivity index (χ0v) is 8.42. The van der Waals surface area contributed by atoms with Crippen LogP contribution in [0.15, 0.2) is 41.4 Å². The fourth-order valence-electron chi connectivity index (χ4n) is 1.31. The lowest BCUT2D eigenvalue weighted by atomic mass is 10.1. The first-order valence-corrected chi connectivity index (χ1v) is 5.33. The average molecular weight is 225 g/mol. The van der Waals surface area contributed by atoms with Crippen molar-refractivity contribution >= 4 is 11.1 Å². The van der Waals surface area contributed by atoms with Gasteiger partial charge in [0.15, 0.2) is 11.1 Å². The predicted molar refractivity (Wildman–Crippen MR) is 55.2 cm³/mol. The standard InChI is InChI=1S/C10H8FNO2S/c11-9-4-2-1-3-8(9)10-5-7(6-12-10)15(13)14/h1-6,12H,(H,13,14). The summed E-state index contributed by atoms with van der Waals surface area (Å²) in [5.41, 5.74) is 0.875. The molecule has 0 spiro atoms. The summed E-state index contributed by atoms with van der Waals surface area (Å²) in [7, 11) is 0. The highest BCUT2D eigenvalue weighted by Gasteiger charge is 2.08. The molecule has 3 nitrogen and oxygen atoms in total. The SMILES string of the molecule is O=S(O)c1c[nH]c(-c2ccccc2F)c1. The van der Waals surface area contributed by atoms with Crippen molar-refractivity contribution in [3.05, 3.63) is 42.3 Å². The van der Waals surface area contributed by atoms with Crippen LogP contribution in [-0.4, -0.2) is 13.7 Å². The van der Waals surface area contributed by atoms with Crippen LogP contribution in [0.4, 0.5) is 4.39 Å². The van der Waals surface area contributed by atoms with E-state index in [0.29, 0.717) is 11.3 Å². The molecule has 0 aliphatic rings. The van der Waals surface area contributed by atoms with Crippen molar-refractivity contribution in [3.8, 4) is 11.3 Å². The quantitative estimate of drug-likeness (QED) is 0.771. The third-order valence-corrected chi connectivity index (χ3v) is 2.66. The maximum absolute atomic E-state index is 13.3. The summed E-state index contributed by atoms with van der Waals surface area (Å²) in [6, 6.07) is 7.69. The van der Waals surface area contributed by atoms with Gasteiger partial charge >= 0.3 is 0 Å². The molecule has 1 heterocycles. The number of rotatable bonds is 2. The van der Waals surface area contributed by atoms with E-state index in [1.165, 1.54) is 18.3 Å². The Kier molecular flexibility index (Phi) is 2.66. The summed E-state index contributed by atoms with van der Waals surface area (Å²) < 4.78 is 32.9. The zero-order valence-electron chi connectivity index (χ0n) is 7.61. The van der Waals surface area contributed by atoms with Gasteiger partial charge in [0.25, 0.3) is 0 Å². The van der Waals surface area contributed by atoms with Crippen LogP contribution in [0, 0.1) is 5.82 Å². The van der Waals surface area contributed by atoms with Gasteiger partial charge in [-0.2, -0.15) is 0 Å². The molecule has 0 bridgehead atoms. The van der Waals surface area contributed by atoms with Crippen LogP contribution in [0.2, 0.25) is 0 Å². The smallest absolute Gasteiger partial charge is 0.188 e. The Morgan fingerprint density at radius 2 is 2.07 bits per heavy atom. The Bertz CT molecular complexity index is 510. The number of benzene rings is 1. The Balaban J connectivity index is 2.46. The van der Waals surface area contributed by atoms with Gasteiger partial charge in [-0.1, -0.05) is 12.1 Å². The molecule has 0 aliphatic heterocycles. The molecule has 15 heavy (non-hydrogen) atoms. The maximum Gasteiger partial charge on any atom is 0.188 e. The van der Waals surface area contributed by atoms with E-state index in [1.54, 1.807) is 18.2 Å². The topological polar surface area (TPSA) is 53.1 Å². The summed E-state index contributed by atoms with van der Waals surface area (Å²) in [5, 5.41) is 0. The van der Waals surface area contributed by atoms with E-state index < -0.39 is 11.1 Å². The number of hydrogen-bond acceptors (Lipinski definition) is 1. The minimum absolute atomic E-state index is 0.230. The Morgan fingerprint density at radius 3 is 2.67 bits per heavy atom. The van der Waals surface area contributed by atoms with Crippen LogP contribution in [0.1, 0.15) is 0 Å². The van der Waals surface area contributed by atoms with Crippen LogP contribution in [0.25, 0.3) is 11.3 Å². The van der Waals surface area contributed by atoms with E-state index in [0.717, 1.165) is 0 Å². The highest BCUT2D eigenvalue weighted by Crippen LogP contribution is 2.22. The van der Waals surface area contributed by atoms with E-state index in [1.807, 2.05) is 0 Å².